The lowest BCUT2D eigenvalue weighted by molar-refractivity contribution is 0.268. The van der Waals surface area contributed by atoms with Gasteiger partial charge in [-0.15, -0.1) is 0 Å². The van der Waals surface area contributed by atoms with Crippen molar-refractivity contribution in [2.75, 3.05) is 12.3 Å². The van der Waals surface area contributed by atoms with Crippen LogP contribution in [0.25, 0.3) is 0 Å². The zero-order valence-electron chi connectivity index (χ0n) is 6.07. The van der Waals surface area contributed by atoms with Gasteiger partial charge in [-0.2, -0.15) is 0 Å². The molecule has 4 heteroatoms. The van der Waals surface area contributed by atoms with E-state index in [9.17, 15) is 0 Å². The van der Waals surface area contributed by atoms with Gasteiger partial charge in [0.05, 0.1) is 18.3 Å². The summed E-state index contributed by atoms with van der Waals surface area (Å²) in [4.78, 5) is 3.84. The van der Waals surface area contributed by atoms with Crippen molar-refractivity contribution >= 4 is 5.69 Å². The fourth-order valence-electron chi connectivity index (χ4n) is 0.785. The molecular weight excluding hydrogens is 142 g/mol. The van der Waals surface area contributed by atoms with Gasteiger partial charge in [-0.1, -0.05) is 0 Å². The smallest absolute Gasteiger partial charge is 0.0624 e. The summed E-state index contributed by atoms with van der Waals surface area (Å²) in [6.45, 7) is -0.0921. The van der Waals surface area contributed by atoms with E-state index in [1.54, 1.807) is 12.3 Å². The Balaban J connectivity index is 2.86. The van der Waals surface area contributed by atoms with Crippen LogP contribution in [0.1, 0.15) is 11.6 Å². The summed E-state index contributed by atoms with van der Waals surface area (Å²) in [5.41, 5.74) is 12.3. The Morgan fingerprint density at radius 2 is 2.27 bits per heavy atom. The fraction of sp³-hybridized carbons (Fsp3) is 0.286. The van der Waals surface area contributed by atoms with Crippen LogP contribution in [0.15, 0.2) is 18.5 Å². The van der Waals surface area contributed by atoms with Gasteiger partial charge in [0.15, 0.2) is 0 Å². The zero-order chi connectivity index (χ0) is 8.27. The molecule has 1 atom stereocenters. The molecule has 0 saturated heterocycles. The van der Waals surface area contributed by atoms with Crippen LogP contribution in [-0.2, 0) is 0 Å². The summed E-state index contributed by atoms with van der Waals surface area (Å²) in [6.07, 6.45) is 3.13. The third kappa shape index (κ3) is 1.89. The first-order valence-electron chi connectivity index (χ1n) is 3.31. The Hall–Kier alpha value is -1.13. The van der Waals surface area contributed by atoms with Crippen LogP contribution in [0.3, 0.4) is 0 Å². The maximum absolute atomic E-state index is 8.69. The van der Waals surface area contributed by atoms with Crippen molar-refractivity contribution in [3.63, 3.8) is 0 Å². The minimum atomic E-state index is -0.383. The average Bonchev–Trinajstić information content (AvgIpc) is 2.03. The average molecular weight is 153 g/mol. The summed E-state index contributed by atoms with van der Waals surface area (Å²) < 4.78 is 0. The lowest BCUT2D eigenvalue weighted by atomic mass is 10.1. The van der Waals surface area contributed by atoms with Crippen molar-refractivity contribution in [2.24, 2.45) is 5.73 Å². The molecule has 0 radical (unpaired) electrons. The molecule has 0 saturated carbocycles. The van der Waals surface area contributed by atoms with Crippen molar-refractivity contribution < 1.29 is 5.11 Å². The van der Waals surface area contributed by atoms with E-state index < -0.39 is 0 Å². The van der Waals surface area contributed by atoms with E-state index in [4.69, 9.17) is 16.6 Å². The van der Waals surface area contributed by atoms with Gasteiger partial charge in [-0.05, 0) is 11.6 Å². The fourth-order valence-corrected chi connectivity index (χ4v) is 0.785. The molecule has 5 N–H and O–H groups in total. The van der Waals surface area contributed by atoms with Gasteiger partial charge in [-0.3, -0.25) is 4.98 Å². The summed E-state index contributed by atoms with van der Waals surface area (Å²) >= 11 is 0. The summed E-state index contributed by atoms with van der Waals surface area (Å²) in [7, 11) is 0. The second kappa shape index (κ2) is 3.32. The van der Waals surface area contributed by atoms with Crippen LogP contribution in [0.4, 0.5) is 5.69 Å². The third-order valence-electron chi connectivity index (χ3n) is 1.41. The highest BCUT2D eigenvalue weighted by Crippen LogP contribution is 2.10. The van der Waals surface area contributed by atoms with E-state index in [0.29, 0.717) is 5.69 Å². The summed E-state index contributed by atoms with van der Waals surface area (Å²) in [5.74, 6) is 0. The largest absolute Gasteiger partial charge is 0.397 e. The molecule has 0 bridgehead atoms. The zero-order valence-corrected chi connectivity index (χ0v) is 6.07. The molecule has 1 aromatic heterocycles. The Kier molecular flexibility index (Phi) is 2.40. The number of hydrogen-bond donors (Lipinski definition) is 3. The molecule has 0 aromatic carbocycles. The molecule has 0 fully saturated rings. The minimum absolute atomic E-state index is 0.0921. The molecule has 4 nitrogen and oxygen atoms in total. The van der Waals surface area contributed by atoms with Gasteiger partial charge in [0.1, 0.15) is 0 Å². The van der Waals surface area contributed by atoms with Crippen LogP contribution in [0.2, 0.25) is 0 Å². The normalized spacial score (nSPS) is 12.9. The highest BCUT2D eigenvalue weighted by Gasteiger charge is 2.03. The van der Waals surface area contributed by atoms with E-state index in [1.165, 1.54) is 6.20 Å². The second-order valence-corrected chi connectivity index (χ2v) is 2.34. The third-order valence-corrected chi connectivity index (χ3v) is 1.41. The molecule has 0 aliphatic heterocycles. The Morgan fingerprint density at radius 1 is 1.55 bits per heavy atom. The van der Waals surface area contributed by atoms with Crippen molar-refractivity contribution in [2.45, 2.75) is 6.04 Å². The van der Waals surface area contributed by atoms with Crippen LogP contribution in [0, 0.1) is 0 Å². The van der Waals surface area contributed by atoms with E-state index >= 15 is 0 Å². The van der Waals surface area contributed by atoms with E-state index in [0.717, 1.165) is 5.56 Å². The van der Waals surface area contributed by atoms with Crippen LogP contribution < -0.4 is 11.5 Å². The number of aliphatic hydroxyl groups is 1. The standard InChI is InChI=1S/C7H11N3O/c8-6-1-5(2-10-3-6)7(9)4-11/h1-3,7,11H,4,8-9H2/t7-/m0/s1. The number of hydrogen-bond acceptors (Lipinski definition) is 4. The highest BCUT2D eigenvalue weighted by molar-refractivity contribution is 5.37. The van der Waals surface area contributed by atoms with Gasteiger partial charge in [0, 0.05) is 12.4 Å². The molecule has 1 heterocycles. The maximum Gasteiger partial charge on any atom is 0.0624 e. The maximum atomic E-state index is 8.69. The number of pyridine rings is 1. The topological polar surface area (TPSA) is 85.2 Å². The minimum Gasteiger partial charge on any atom is -0.397 e. The molecule has 0 aliphatic rings. The van der Waals surface area contributed by atoms with Crippen LogP contribution in [0.5, 0.6) is 0 Å². The number of nitrogens with two attached hydrogens (primary N) is 2. The van der Waals surface area contributed by atoms with Crippen LogP contribution >= 0.6 is 0 Å². The number of rotatable bonds is 2. The summed E-state index contributed by atoms with van der Waals surface area (Å²) in [5, 5.41) is 8.69. The molecule has 0 unspecified atom stereocenters. The van der Waals surface area contributed by atoms with Crippen molar-refractivity contribution in [3.8, 4) is 0 Å². The Bertz CT molecular complexity index is 239. The number of anilines is 1. The van der Waals surface area contributed by atoms with Gasteiger partial charge < -0.3 is 16.6 Å². The first-order chi connectivity index (χ1) is 5.24. The molecular formula is C7H11N3O. The number of nitrogens with zero attached hydrogens (tertiary/aromatic N) is 1. The van der Waals surface area contributed by atoms with Gasteiger partial charge >= 0.3 is 0 Å². The molecule has 0 spiro atoms. The van der Waals surface area contributed by atoms with Crippen LogP contribution in [-0.4, -0.2) is 16.7 Å². The highest BCUT2D eigenvalue weighted by atomic mass is 16.3. The van der Waals surface area contributed by atoms with Gasteiger partial charge in [0.2, 0.25) is 0 Å². The van der Waals surface area contributed by atoms with Crippen molar-refractivity contribution in [1.82, 2.24) is 4.98 Å². The number of nitrogen functional groups attached to an aromatic ring is 1. The van der Waals surface area contributed by atoms with E-state index in [2.05, 4.69) is 4.98 Å². The first-order valence-corrected chi connectivity index (χ1v) is 3.31. The number of aromatic nitrogens is 1. The summed E-state index contributed by atoms with van der Waals surface area (Å²) in [6, 6.07) is 1.32. The molecule has 1 rings (SSSR count). The van der Waals surface area contributed by atoms with E-state index in [-0.39, 0.29) is 12.6 Å². The van der Waals surface area contributed by atoms with E-state index in [1.807, 2.05) is 0 Å². The molecule has 11 heavy (non-hydrogen) atoms. The monoisotopic (exact) mass is 153 g/mol. The lowest BCUT2D eigenvalue weighted by Gasteiger charge is -2.07. The predicted octanol–water partition coefficient (Wildman–Crippen LogP) is -0.344. The molecule has 0 amide bonds. The Labute approximate surface area is 64.9 Å². The predicted molar refractivity (Wildman–Crippen MR) is 42.7 cm³/mol. The number of aliphatic hydroxyl groups excluding tert-OH is 1. The van der Waals surface area contributed by atoms with Crippen molar-refractivity contribution in [3.05, 3.63) is 24.0 Å². The molecule has 0 aliphatic carbocycles. The van der Waals surface area contributed by atoms with Crippen molar-refractivity contribution in [1.29, 1.82) is 0 Å². The Morgan fingerprint density at radius 3 is 2.82 bits per heavy atom. The quantitative estimate of drug-likeness (QED) is 0.542. The second-order valence-electron chi connectivity index (χ2n) is 2.34. The van der Waals surface area contributed by atoms with Gasteiger partial charge in [-0.25, -0.2) is 0 Å². The first kappa shape index (κ1) is 7.97. The SMILES string of the molecule is Nc1cncc([C@@H](N)CO)c1. The molecule has 60 valence electrons. The molecule has 1 aromatic rings. The lowest BCUT2D eigenvalue weighted by Crippen LogP contribution is -2.14. The van der Waals surface area contributed by atoms with Gasteiger partial charge in [0.25, 0.3) is 0 Å².